The van der Waals surface area contributed by atoms with Crippen LogP contribution in [0.15, 0.2) is 47.7 Å². The van der Waals surface area contributed by atoms with Gasteiger partial charge in [0.15, 0.2) is 0 Å². The van der Waals surface area contributed by atoms with Crippen LogP contribution in [0.1, 0.15) is 80.4 Å². The van der Waals surface area contributed by atoms with E-state index < -0.39 is 0 Å². The van der Waals surface area contributed by atoms with Crippen molar-refractivity contribution in [3.63, 3.8) is 0 Å². The first kappa shape index (κ1) is 23.0. The van der Waals surface area contributed by atoms with Crippen LogP contribution in [0.4, 0.5) is 0 Å². The molecule has 1 N–H and O–H groups in total. The fourth-order valence-corrected chi connectivity index (χ4v) is 7.00. The van der Waals surface area contributed by atoms with E-state index in [9.17, 15) is 4.79 Å². The summed E-state index contributed by atoms with van der Waals surface area (Å²) in [4.78, 5) is 20.0. The number of pyridine rings is 1. The Bertz CT molecular complexity index is 1510. The normalized spacial score (nSPS) is 24.4. The quantitative estimate of drug-likeness (QED) is 0.407. The number of H-pyrrole nitrogens is 1. The SMILES string of the molecule is CC1CC(c2cccc(-n3cc(C4CC4)c4cc(CN5CCCCC5)[nH]c4c3=O)c2)(c2nncn2C)C1. The number of hydrogen-bond acceptors (Lipinski definition) is 4. The van der Waals surface area contributed by atoms with E-state index in [1.54, 1.807) is 6.33 Å². The Morgan fingerprint density at radius 1 is 1.11 bits per heavy atom. The van der Waals surface area contributed by atoms with Crippen LogP contribution in [-0.2, 0) is 19.0 Å². The maximum absolute atomic E-state index is 13.9. The standard InChI is InChI=1S/C30H36N6O/c1-20-15-30(16-20,29-33-31-19-34(29)2)22-7-6-8-24(13-22)36-18-26(21-9-10-21)25-14-23(32-27(25)28(36)37)17-35-11-4-3-5-12-35/h6-8,13-14,18-21,32H,3-5,9-12,15-17H2,1-2H3. The molecule has 0 unspecified atom stereocenters. The molecule has 7 rings (SSSR count). The number of fused-ring (bicyclic) bond motifs is 1. The lowest BCUT2D eigenvalue weighted by Crippen LogP contribution is -2.43. The Labute approximate surface area is 217 Å². The van der Waals surface area contributed by atoms with Crippen molar-refractivity contribution in [3.05, 3.63) is 75.9 Å². The fourth-order valence-electron chi connectivity index (χ4n) is 7.00. The molecule has 4 aromatic rings. The summed E-state index contributed by atoms with van der Waals surface area (Å²) in [7, 11) is 2.02. The van der Waals surface area contributed by atoms with Gasteiger partial charge in [-0.25, -0.2) is 0 Å². The number of piperidine rings is 1. The van der Waals surface area contributed by atoms with E-state index in [4.69, 9.17) is 0 Å². The van der Waals surface area contributed by atoms with E-state index >= 15 is 0 Å². The molecule has 2 aliphatic carbocycles. The van der Waals surface area contributed by atoms with Crippen molar-refractivity contribution in [2.45, 2.75) is 69.7 Å². The molecule has 1 aromatic carbocycles. The van der Waals surface area contributed by atoms with Crippen molar-refractivity contribution in [3.8, 4) is 5.69 Å². The maximum atomic E-state index is 13.9. The predicted octanol–water partition coefficient (Wildman–Crippen LogP) is 5.03. The molecular weight excluding hydrogens is 460 g/mol. The highest BCUT2D eigenvalue weighted by Gasteiger charge is 2.48. The van der Waals surface area contributed by atoms with Crippen LogP contribution in [0.2, 0.25) is 0 Å². The number of benzene rings is 1. The minimum Gasteiger partial charge on any atom is -0.353 e. The summed E-state index contributed by atoms with van der Waals surface area (Å²) >= 11 is 0. The molecular formula is C30H36N6O. The zero-order valence-corrected chi connectivity index (χ0v) is 21.9. The number of rotatable bonds is 6. The third kappa shape index (κ3) is 3.86. The summed E-state index contributed by atoms with van der Waals surface area (Å²) in [6.45, 7) is 5.49. The molecule has 3 aliphatic rings. The number of nitrogens with one attached hydrogen (secondary N) is 1. The van der Waals surface area contributed by atoms with E-state index in [0.717, 1.165) is 60.6 Å². The molecule has 192 valence electrons. The Morgan fingerprint density at radius 3 is 2.62 bits per heavy atom. The smallest absolute Gasteiger partial charge is 0.279 e. The van der Waals surface area contributed by atoms with Crippen LogP contribution in [0.5, 0.6) is 0 Å². The van der Waals surface area contributed by atoms with Gasteiger partial charge >= 0.3 is 0 Å². The molecule has 0 radical (unpaired) electrons. The van der Waals surface area contributed by atoms with Gasteiger partial charge in [-0.15, -0.1) is 10.2 Å². The molecule has 7 heteroatoms. The van der Waals surface area contributed by atoms with Gasteiger partial charge in [0.2, 0.25) is 0 Å². The highest BCUT2D eigenvalue weighted by molar-refractivity contribution is 5.84. The largest absolute Gasteiger partial charge is 0.353 e. The van der Waals surface area contributed by atoms with Crippen molar-refractivity contribution in [2.24, 2.45) is 13.0 Å². The molecule has 3 aromatic heterocycles. The van der Waals surface area contributed by atoms with Crippen LogP contribution in [-0.4, -0.2) is 42.3 Å². The first-order valence-electron chi connectivity index (χ1n) is 14.0. The lowest BCUT2D eigenvalue weighted by atomic mass is 9.58. The van der Waals surface area contributed by atoms with Crippen LogP contribution in [0, 0.1) is 5.92 Å². The summed E-state index contributed by atoms with van der Waals surface area (Å²) in [5, 5.41) is 9.82. The van der Waals surface area contributed by atoms with Gasteiger partial charge in [0.25, 0.3) is 5.56 Å². The summed E-state index contributed by atoms with van der Waals surface area (Å²) in [5.41, 5.74) is 5.25. The number of aromatic nitrogens is 5. The zero-order valence-electron chi connectivity index (χ0n) is 21.9. The summed E-state index contributed by atoms with van der Waals surface area (Å²) in [6.07, 6.45) is 12.3. The molecule has 0 atom stereocenters. The first-order valence-corrected chi connectivity index (χ1v) is 14.0. The third-order valence-electron chi connectivity index (χ3n) is 8.96. The maximum Gasteiger partial charge on any atom is 0.279 e. The Balaban J connectivity index is 1.31. The summed E-state index contributed by atoms with van der Waals surface area (Å²) < 4.78 is 3.93. The second-order valence-electron chi connectivity index (χ2n) is 11.9. The molecule has 7 nitrogen and oxygen atoms in total. The number of nitrogens with zero attached hydrogens (tertiary/aromatic N) is 5. The number of hydrogen-bond donors (Lipinski definition) is 1. The minimum atomic E-state index is -0.151. The minimum absolute atomic E-state index is 0.0381. The average Bonchev–Trinajstić information content (AvgIpc) is 3.50. The van der Waals surface area contributed by atoms with Crippen LogP contribution < -0.4 is 5.56 Å². The lowest BCUT2D eigenvalue weighted by Gasteiger charge is -2.46. The number of likely N-dealkylation sites (tertiary alicyclic amines) is 1. The second-order valence-corrected chi connectivity index (χ2v) is 11.9. The van der Waals surface area contributed by atoms with Crippen LogP contribution in [0.25, 0.3) is 16.6 Å². The lowest BCUT2D eigenvalue weighted by molar-refractivity contribution is 0.185. The fraction of sp³-hybridized carbons (Fsp3) is 0.500. The van der Waals surface area contributed by atoms with Gasteiger partial charge < -0.3 is 9.55 Å². The van der Waals surface area contributed by atoms with E-state index in [2.05, 4.69) is 63.5 Å². The van der Waals surface area contributed by atoms with Crippen LogP contribution in [0.3, 0.4) is 0 Å². The third-order valence-corrected chi connectivity index (χ3v) is 8.96. The molecule has 0 spiro atoms. The van der Waals surface area contributed by atoms with Gasteiger partial charge in [-0.05, 0) is 92.8 Å². The molecule has 37 heavy (non-hydrogen) atoms. The number of aromatic amines is 1. The van der Waals surface area contributed by atoms with Gasteiger partial charge in [0, 0.05) is 36.6 Å². The average molecular weight is 497 g/mol. The first-order chi connectivity index (χ1) is 18.0. The predicted molar refractivity (Wildman–Crippen MR) is 145 cm³/mol. The Kier molecular flexibility index (Phi) is 5.39. The monoisotopic (exact) mass is 496 g/mol. The second kappa shape index (κ2) is 8.69. The van der Waals surface area contributed by atoms with E-state index in [0.29, 0.717) is 11.8 Å². The number of aryl methyl sites for hydroxylation is 1. The van der Waals surface area contributed by atoms with E-state index in [1.807, 2.05) is 16.2 Å². The molecule has 4 heterocycles. The summed E-state index contributed by atoms with van der Waals surface area (Å²) in [5.74, 6) is 2.20. The summed E-state index contributed by atoms with van der Waals surface area (Å²) in [6, 6.07) is 10.8. The Hall–Kier alpha value is -3.19. The van der Waals surface area contributed by atoms with E-state index in [1.165, 1.54) is 43.2 Å². The van der Waals surface area contributed by atoms with Crippen molar-refractivity contribution in [1.82, 2.24) is 29.2 Å². The highest BCUT2D eigenvalue weighted by atomic mass is 16.1. The van der Waals surface area contributed by atoms with Gasteiger partial charge in [0.05, 0.1) is 5.41 Å². The molecule has 1 saturated heterocycles. The van der Waals surface area contributed by atoms with E-state index in [-0.39, 0.29) is 11.0 Å². The van der Waals surface area contributed by atoms with Crippen LogP contribution >= 0.6 is 0 Å². The zero-order chi connectivity index (χ0) is 25.1. The molecule has 2 saturated carbocycles. The Morgan fingerprint density at radius 2 is 1.92 bits per heavy atom. The highest BCUT2D eigenvalue weighted by Crippen LogP contribution is 2.51. The van der Waals surface area contributed by atoms with Gasteiger partial charge in [-0.2, -0.15) is 0 Å². The molecule has 1 aliphatic heterocycles. The van der Waals surface area contributed by atoms with Gasteiger partial charge in [-0.3, -0.25) is 14.3 Å². The molecule has 3 fully saturated rings. The van der Waals surface area contributed by atoms with Crippen molar-refractivity contribution in [1.29, 1.82) is 0 Å². The van der Waals surface area contributed by atoms with Crippen molar-refractivity contribution >= 4 is 10.9 Å². The van der Waals surface area contributed by atoms with Gasteiger partial charge in [0.1, 0.15) is 17.7 Å². The molecule has 0 amide bonds. The topological polar surface area (TPSA) is 71.7 Å². The van der Waals surface area contributed by atoms with Crippen molar-refractivity contribution in [2.75, 3.05) is 13.1 Å². The van der Waals surface area contributed by atoms with Gasteiger partial charge in [-0.1, -0.05) is 25.5 Å². The molecule has 0 bridgehead atoms. The van der Waals surface area contributed by atoms with Crippen molar-refractivity contribution < 1.29 is 0 Å².